The lowest BCUT2D eigenvalue weighted by Gasteiger charge is -2.08. The third kappa shape index (κ3) is 2.89. The normalized spacial score (nSPS) is 11.1. The Kier molecular flexibility index (Phi) is 3.76. The molecule has 5 nitrogen and oxygen atoms in total. The fourth-order valence-electron chi connectivity index (χ4n) is 3.31. The monoisotopic (exact) mass is 351 g/mol. The molecule has 0 unspecified atom stereocenters. The van der Waals surface area contributed by atoms with E-state index in [1.54, 1.807) is 6.20 Å². The molecule has 3 aromatic heterocycles. The number of pyridine rings is 1. The van der Waals surface area contributed by atoms with Gasteiger partial charge in [0.15, 0.2) is 5.65 Å². The Bertz CT molecular complexity index is 1220. The molecule has 0 aliphatic carbocycles. The van der Waals surface area contributed by atoms with Crippen molar-refractivity contribution in [2.45, 2.75) is 6.54 Å². The standard InChI is InChI=1S/C22H17N5/c1-2-8-18-17(6-1)7-3-9-19(18)20-15-25-27-12-10-21(26-22(20)27)24-14-16-5-4-11-23-13-16/h1-13,15H,14H2,(H,24,26). The summed E-state index contributed by atoms with van der Waals surface area (Å²) in [6.45, 7) is 0.675. The highest BCUT2D eigenvalue weighted by Crippen LogP contribution is 2.31. The van der Waals surface area contributed by atoms with E-state index in [1.807, 2.05) is 41.3 Å². The Hall–Kier alpha value is -3.73. The second-order valence-electron chi connectivity index (χ2n) is 6.38. The number of hydrogen-bond acceptors (Lipinski definition) is 4. The molecule has 27 heavy (non-hydrogen) atoms. The van der Waals surface area contributed by atoms with Crippen LogP contribution in [0.25, 0.3) is 27.5 Å². The topological polar surface area (TPSA) is 55.1 Å². The molecule has 0 spiro atoms. The van der Waals surface area contributed by atoms with Crippen molar-refractivity contribution in [1.29, 1.82) is 0 Å². The maximum absolute atomic E-state index is 4.80. The molecule has 0 atom stereocenters. The minimum Gasteiger partial charge on any atom is -0.366 e. The van der Waals surface area contributed by atoms with Gasteiger partial charge in [0, 0.05) is 30.7 Å². The number of fused-ring (bicyclic) bond motifs is 2. The molecule has 5 heteroatoms. The summed E-state index contributed by atoms with van der Waals surface area (Å²) < 4.78 is 1.81. The van der Waals surface area contributed by atoms with Crippen molar-refractivity contribution >= 4 is 22.2 Å². The van der Waals surface area contributed by atoms with Crippen LogP contribution in [0.3, 0.4) is 0 Å². The zero-order valence-corrected chi connectivity index (χ0v) is 14.6. The third-order valence-electron chi connectivity index (χ3n) is 4.65. The molecule has 2 aromatic carbocycles. The van der Waals surface area contributed by atoms with Gasteiger partial charge in [0.2, 0.25) is 0 Å². The van der Waals surface area contributed by atoms with Crippen molar-refractivity contribution in [2.75, 3.05) is 5.32 Å². The summed E-state index contributed by atoms with van der Waals surface area (Å²) in [7, 11) is 0. The molecule has 5 rings (SSSR count). The number of nitrogens with one attached hydrogen (secondary N) is 1. The quantitative estimate of drug-likeness (QED) is 0.516. The summed E-state index contributed by atoms with van der Waals surface area (Å²) in [5.41, 5.74) is 4.11. The first-order valence-corrected chi connectivity index (χ1v) is 8.84. The van der Waals surface area contributed by atoms with Crippen LogP contribution in [0.15, 0.2) is 85.5 Å². The molecule has 0 bridgehead atoms. The van der Waals surface area contributed by atoms with Crippen molar-refractivity contribution in [3.63, 3.8) is 0 Å². The number of rotatable bonds is 4. The second kappa shape index (κ2) is 6.53. The maximum atomic E-state index is 4.80. The van der Waals surface area contributed by atoms with Gasteiger partial charge in [-0.1, -0.05) is 48.5 Å². The summed E-state index contributed by atoms with van der Waals surface area (Å²) in [6.07, 6.45) is 7.44. The van der Waals surface area contributed by atoms with Gasteiger partial charge in [0.25, 0.3) is 0 Å². The predicted molar refractivity (Wildman–Crippen MR) is 107 cm³/mol. The molecule has 1 N–H and O–H groups in total. The van der Waals surface area contributed by atoms with Gasteiger partial charge < -0.3 is 5.32 Å². The van der Waals surface area contributed by atoms with E-state index in [1.165, 1.54) is 10.8 Å². The highest BCUT2D eigenvalue weighted by atomic mass is 15.2. The molecule has 5 aromatic rings. The molecule has 0 saturated heterocycles. The van der Waals surface area contributed by atoms with E-state index in [-0.39, 0.29) is 0 Å². The first-order valence-electron chi connectivity index (χ1n) is 8.84. The zero-order chi connectivity index (χ0) is 18.1. The van der Waals surface area contributed by atoms with E-state index in [2.05, 4.69) is 57.9 Å². The minimum atomic E-state index is 0.675. The van der Waals surface area contributed by atoms with Crippen molar-refractivity contribution in [3.8, 4) is 11.1 Å². The number of benzene rings is 2. The second-order valence-corrected chi connectivity index (χ2v) is 6.38. The molecular weight excluding hydrogens is 334 g/mol. The predicted octanol–water partition coefficient (Wildman–Crippen LogP) is 4.56. The van der Waals surface area contributed by atoms with Crippen LogP contribution in [-0.2, 0) is 6.54 Å². The van der Waals surface area contributed by atoms with Gasteiger partial charge in [-0.2, -0.15) is 5.10 Å². The van der Waals surface area contributed by atoms with E-state index in [9.17, 15) is 0 Å². The van der Waals surface area contributed by atoms with Crippen LogP contribution in [0.5, 0.6) is 0 Å². The molecule has 0 radical (unpaired) electrons. The Morgan fingerprint density at radius 2 is 1.78 bits per heavy atom. The van der Waals surface area contributed by atoms with Gasteiger partial charge in [-0.05, 0) is 34.0 Å². The van der Waals surface area contributed by atoms with Gasteiger partial charge in [0.1, 0.15) is 5.82 Å². The lowest BCUT2D eigenvalue weighted by molar-refractivity contribution is 0.936. The van der Waals surface area contributed by atoms with Gasteiger partial charge in [0.05, 0.1) is 6.20 Å². The van der Waals surface area contributed by atoms with Crippen molar-refractivity contribution in [2.24, 2.45) is 0 Å². The SMILES string of the molecule is c1cncc(CNc2ccn3ncc(-c4cccc5ccccc45)c3n2)c1. The summed E-state index contributed by atoms with van der Waals surface area (Å²) in [6, 6.07) is 20.6. The van der Waals surface area contributed by atoms with Crippen molar-refractivity contribution in [1.82, 2.24) is 19.6 Å². The number of nitrogens with zero attached hydrogens (tertiary/aromatic N) is 4. The number of hydrogen-bond donors (Lipinski definition) is 1. The van der Waals surface area contributed by atoms with Gasteiger partial charge in [-0.25, -0.2) is 9.50 Å². The molecule has 3 heterocycles. The molecule has 0 aliphatic rings. The Morgan fingerprint density at radius 3 is 2.70 bits per heavy atom. The highest BCUT2D eigenvalue weighted by Gasteiger charge is 2.11. The van der Waals surface area contributed by atoms with Gasteiger partial charge >= 0.3 is 0 Å². The molecule has 130 valence electrons. The lowest BCUT2D eigenvalue weighted by atomic mass is 10.0. The van der Waals surface area contributed by atoms with E-state index < -0.39 is 0 Å². The van der Waals surface area contributed by atoms with Crippen molar-refractivity contribution in [3.05, 3.63) is 91.0 Å². The van der Waals surface area contributed by atoms with Crippen LogP contribution in [0.4, 0.5) is 5.82 Å². The Balaban J connectivity index is 1.55. The third-order valence-corrected chi connectivity index (χ3v) is 4.65. The summed E-state index contributed by atoms with van der Waals surface area (Å²) in [4.78, 5) is 8.95. The van der Waals surface area contributed by atoms with Crippen LogP contribution in [-0.4, -0.2) is 19.6 Å². The fourth-order valence-corrected chi connectivity index (χ4v) is 3.31. The Labute approximate surface area is 156 Å². The highest BCUT2D eigenvalue weighted by molar-refractivity contribution is 5.99. The summed E-state index contributed by atoms with van der Waals surface area (Å²) in [5.74, 6) is 0.813. The molecule has 0 saturated carbocycles. The summed E-state index contributed by atoms with van der Waals surface area (Å²) >= 11 is 0. The number of aromatic nitrogens is 4. The zero-order valence-electron chi connectivity index (χ0n) is 14.6. The van der Waals surface area contributed by atoms with E-state index >= 15 is 0 Å². The lowest BCUT2D eigenvalue weighted by Crippen LogP contribution is -2.03. The largest absolute Gasteiger partial charge is 0.366 e. The molecule has 0 amide bonds. The first kappa shape index (κ1) is 15.5. The van der Waals surface area contributed by atoms with Gasteiger partial charge in [-0.3, -0.25) is 4.98 Å². The molecular formula is C22H17N5. The van der Waals surface area contributed by atoms with Crippen LogP contribution in [0.1, 0.15) is 5.56 Å². The van der Waals surface area contributed by atoms with Gasteiger partial charge in [-0.15, -0.1) is 0 Å². The Morgan fingerprint density at radius 1 is 0.852 bits per heavy atom. The maximum Gasteiger partial charge on any atom is 0.165 e. The van der Waals surface area contributed by atoms with Crippen LogP contribution < -0.4 is 5.32 Å². The minimum absolute atomic E-state index is 0.675. The first-order chi connectivity index (χ1) is 13.4. The smallest absolute Gasteiger partial charge is 0.165 e. The average molecular weight is 351 g/mol. The van der Waals surface area contributed by atoms with E-state index in [4.69, 9.17) is 4.98 Å². The summed E-state index contributed by atoms with van der Waals surface area (Å²) in [5, 5.41) is 10.3. The average Bonchev–Trinajstić information content (AvgIpc) is 3.16. The van der Waals surface area contributed by atoms with Crippen molar-refractivity contribution < 1.29 is 0 Å². The van der Waals surface area contributed by atoms with Crippen LogP contribution in [0.2, 0.25) is 0 Å². The molecule has 0 fully saturated rings. The number of anilines is 1. The molecule has 0 aliphatic heterocycles. The van der Waals surface area contributed by atoms with Crippen LogP contribution >= 0.6 is 0 Å². The van der Waals surface area contributed by atoms with E-state index in [0.717, 1.165) is 28.2 Å². The van der Waals surface area contributed by atoms with E-state index in [0.29, 0.717) is 6.54 Å². The van der Waals surface area contributed by atoms with Crippen LogP contribution in [0, 0.1) is 0 Å². The fraction of sp³-hybridized carbons (Fsp3) is 0.0455.